The van der Waals surface area contributed by atoms with Crippen molar-refractivity contribution in [2.45, 2.75) is 46.0 Å². The second-order valence-electron chi connectivity index (χ2n) is 4.26. The van der Waals surface area contributed by atoms with E-state index in [1.54, 1.807) is 6.07 Å². The van der Waals surface area contributed by atoms with Crippen molar-refractivity contribution in [2.24, 2.45) is 11.8 Å². The van der Waals surface area contributed by atoms with E-state index in [1.807, 2.05) is 6.92 Å². The third-order valence-corrected chi connectivity index (χ3v) is 2.99. The summed E-state index contributed by atoms with van der Waals surface area (Å²) in [7, 11) is 1.44. The molecule has 0 saturated carbocycles. The van der Waals surface area contributed by atoms with E-state index in [2.05, 4.69) is 12.2 Å². The van der Waals surface area contributed by atoms with Gasteiger partial charge in [-0.1, -0.05) is 39.5 Å². The van der Waals surface area contributed by atoms with Crippen molar-refractivity contribution in [1.82, 2.24) is 5.32 Å². The molecule has 0 spiro atoms. The number of Topliss-reactive ketones (excluding diaryl/α,β-unsaturated/α-hetero) is 1. The van der Waals surface area contributed by atoms with Gasteiger partial charge in [0.05, 0.1) is 6.07 Å². The van der Waals surface area contributed by atoms with Crippen LogP contribution in [0, 0.1) is 23.2 Å². The van der Waals surface area contributed by atoms with Crippen LogP contribution in [0.1, 0.15) is 46.0 Å². The van der Waals surface area contributed by atoms with Gasteiger partial charge in [0.25, 0.3) is 0 Å². The lowest BCUT2D eigenvalue weighted by Gasteiger charge is -2.14. The molecule has 4 heteroatoms. The summed E-state index contributed by atoms with van der Waals surface area (Å²) < 4.78 is 0. The molecule has 0 aromatic heterocycles. The van der Waals surface area contributed by atoms with Gasteiger partial charge in [-0.25, -0.2) is 0 Å². The summed E-state index contributed by atoms with van der Waals surface area (Å²) in [4.78, 5) is 23.1. The minimum absolute atomic E-state index is 0.255. The van der Waals surface area contributed by atoms with Crippen LogP contribution in [-0.2, 0) is 9.59 Å². The van der Waals surface area contributed by atoms with Crippen molar-refractivity contribution in [3.63, 3.8) is 0 Å². The van der Waals surface area contributed by atoms with Gasteiger partial charge in [-0.3, -0.25) is 9.59 Å². The number of nitriles is 1. The first-order chi connectivity index (χ1) is 8.10. The van der Waals surface area contributed by atoms with Crippen molar-refractivity contribution in [2.75, 3.05) is 7.05 Å². The number of hydrogen-bond donors (Lipinski definition) is 1. The Balaban J connectivity index is 4.38. The second-order valence-corrected chi connectivity index (χ2v) is 4.26. The predicted octanol–water partition coefficient (Wildman–Crippen LogP) is 2.05. The Bertz CT molecular complexity index is 294. The number of rotatable bonds is 8. The summed E-state index contributed by atoms with van der Waals surface area (Å²) in [5, 5.41) is 11.2. The van der Waals surface area contributed by atoms with Crippen LogP contribution in [0.15, 0.2) is 0 Å². The first-order valence-electron chi connectivity index (χ1n) is 6.24. The van der Waals surface area contributed by atoms with Crippen LogP contribution in [0.25, 0.3) is 0 Å². The maximum atomic E-state index is 11.8. The fraction of sp³-hybridized carbons (Fsp3) is 0.769. The summed E-state index contributed by atoms with van der Waals surface area (Å²) in [5.74, 6) is -1.60. The van der Waals surface area contributed by atoms with E-state index >= 15 is 0 Å². The second kappa shape index (κ2) is 8.74. The lowest BCUT2D eigenvalue weighted by Crippen LogP contribution is -2.32. The standard InChI is InChI=1S/C13H22N2O2/c1-4-6-7-10(5-2)8-12(16)11(9-14)13(17)15-3/h10-11H,4-8H2,1-3H3,(H,15,17). The third-order valence-electron chi connectivity index (χ3n) is 2.99. The Morgan fingerprint density at radius 3 is 2.41 bits per heavy atom. The SMILES string of the molecule is CCCCC(CC)CC(=O)C(C#N)C(=O)NC. The van der Waals surface area contributed by atoms with Gasteiger partial charge in [-0.05, 0) is 5.92 Å². The van der Waals surface area contributed by atoms with Crippen LogP contribution < -0.4 is 5.32 Å². The molecule has 0 aromatic carbocycles. The average molecular weight is 238 g/mol. The lowest BCUT2D eigenvalue weighted by atomic mass is 9.89. The van der Waals surface area contributed by atoms with E-state index in [-0.39, 0.29) is 5.78 Å². The molecule has 2 atom stereocenters. The third kappa shape index (κ3) is 5.48. The number of amides is 1. The number of nitrogens with one attached hydrogen (secondary N) is 1. The highest BCUT2D eigenvalue weighted by atomic mass is 16.2. The molecule has 0 fully saturated rings. The molecule has 0 rings (SSSR count). The zero-order chi connectivity index (χ0) is 13.3. The van der Waals surface area contributed by atoms with Gasteiger partial charge in [-0.15, -0.1) is 0 Å². The van der Waals surface area contributed by atoms with Crippen LogP contribution in [-0.4, -0.2) is 18.7 Å². The molecule has 0 heterocycles. The van der Waals surface area contributed by atoms with Gasteiger partial charge in [0.15, 0.2) is 11.7 Å². The van der Waals surface area contributed by atoms with E-state index in [0.29, 0.717) is 12.3 Å². The summed E-state index contributed by atoms with van der Waals surface area (Å²) in [6, 6.07) is 1.78. The van der Waals surface area contributed by atoms with Crippen LogP contribution >= 0.6 is 0 Å². The summed E-state index contributed by atoms with van der Waals surface area (Å²) in [6.07, 6.45) is 4.43. The van der Waals surface area contributed by atoms with Gasteiger partial charge in [0.1, 0.15) is 0 Å². The Morgan fingerprint density at radius 2 is 2.00 bits per heavy atom. The highest BCUT2D eigenvalue weighted by molar-refractivity contribution is 6.03. The van der Waals surface area contributed by atoms with Gasteiger partial charge in [-0.2, -0.15) is 5.26 Å². The van der Waals surface area contributed by atoms with Crippen molar-refractivity contribution in [3.05, 3.63) is 0 Å². The molecule has 0 aromatic rings. The van der Waals surface area contributed by atoms with E-state index in [9.17, 15) is 9.59 Å². The fourth-order valence-corrected chi connectivity index (χ4v) is 1.77. The summed E-state index contributed by atoms with van der Waals surface area (Å²) in [5.41, 5.74) is 0. The topological polar surface area (TPSA) is 70.0 Å². The minimum atomic E-state index is -1.14. The molecule has 1 N–H and O–H groups in total. The van der Waals surface area contributed by atoms with Gasteiger partial charge in [0.2, 0.25) is 5.91 Å². The highest BCUT2D eigenvalue weighted by Gasteiger charge is 2.26. The molecule has 0 saturated heterocycles. The molecular formula is C13H22N2O2. The summed E-state index contributed by atoms with van der Waals surface area (Å²) >= 11 is 0. The van der Waals surface area contributed by atoms with Gasteiger partial charge < -0.3 is 5.32 Å². The smallest absolute Gasteiger partial charge is 0.244 e. The van der Waals surface area contributed by atoms with Gasteiger partial charge >= 0.3 is 0 Å². The molecule has 96 valence electrons. The molecule has 0 aliphatic carbocycles. The van der Waals surface area contributed by atoms with Crippen LogP contribution in [0.5, 0.6) is 0 Å². The molecular weight excluding hydrogens is 216 g/mol. The van der Waals surface area contributed by atoms with Crippen LogP contribution in [0.4, 0.5) is 0 Å². The highest BCUT2D eigenvalue weighted by Crippen LogP contribution is 2.19. The molecule has 2 unspecified atom stereocenters. The number of hydrogen-bond acceptors (Lipinski definition) is 3. The zero-order valence-corrected chi connectivity index (χ0v) is 11.0. The Labute approximate surface area is 103 Å². The van der Waals surface area contributed by atoms with E-state index < -0.39 is 11.8 Å². The molecule has 1 amide bonds. The number of carbonyl (C=O) groups is 2. The maximum absolute atomic E-state index is 11.8. The largest absolute Gasteiger partial charge is 0.358 e. The zero-order valence-electron chi connectivity index (χ0n) is 11.0. The Kier molecular flexibility index (Phi) is 8.04. The number of carbonyl (C=O) groups excluding carboxylic acids is 2. The Hall–Kier alpha value is -1.37. The van der Waals surface area contributed by atoms with Crippen LogP contribution in [0.2, 0.25) is 0 Å². The number of unbranched alkanes of at least 4 members (excludes halogenated alkanes) is 1. The van der Waals surface area contributed by atoms with Crippen molar-refractivity contribution < 1.29 is 9.59 Å². The normalized spacial score (nSPS) is 13.5. The van der Waals surface area contributed by atoms with Crippen molar-refractivity contribution >= 4 is 11.7 Å². The predicted molar refractivity (Wildman–Crippen MR) is 66.1 cm³/mol. The molecule has 0 aliphatic heterocycles. The molecule has 17 heavy (non-hydrogen) atoms. The molecule has 0 radical (unpaired) electrons. The minimum Gasteiger partial charge on any atom is -0.358 e. The van der Waals surface area contributed by atoms with Crippen molar-refractivity contribution in [1.29, 1.82) is 5.26 Å². The van der Waals surface area contributed by atoms with E-state index in [0.717, 1.165) is 25.7 Å². The summed E-state index contributed by atoms with van der Waals surface area (Å²) in [6.45, 7) is 4.14. The van der Waals surface area contributed by atoms with Crippen LogP contribution in [0.3, 0.4) is 0 Å². The quantitative estimate of drug-likeness (QED) is 0.658. The first-order valence-corrected chi connectivity index (χ1v) is 6.24. The van der Waals surface area contributed by atoms with Gasteiger partial charge in [0, 0.05) is 13.5 Å². The fourth-order valence-electron chi connectivity index (χ4n) is 1.77. The first kappa shape index (κ1) is 15.6. The molecule has 4 nitrogen and oxygen atoms in total. The van der Waals surface area contributed by atoms with E-state index in [4.69, 9.17) is 5.26 Å². The Morgan fingerprint density at radius 1 is 1.35 bits per heavy atom. The lowest BCUT2D eigenvalue weighted by molar-refractivity contribution is -0.131. The molecule has 0 aliphatic rings. The average Bonchev–Trinajstić information content (AvgIpc) is 2.34. The molecule has 0 bridgehead atoms. The number of nitrogens with zero attached hydrogens (tertiary/aromatic N) is 1. The monoisotopic (exact) mass is 238 g/mol. The van der Waals surface area contributed by atoms with Crippen molar-refractivity contribution in [3.8, 4) is 6.07 Å². The number of ketones is 1. The maximum Gasteiger partial charge on any atom is 0.244 e. The van der Waals surface area contributed by atoms with E-state index in [1.165, 1.54) is 7.05 Å².